The average molecular weight is 144 g/mol. The third-order valence-electron chi connectivity index (χ3n) is 1.34. The molecule has 1 N–H and O–H groups in total. The molecule has 0 aliphatic carbocycles. The van der Waals surface area contributed by atoms with Crippen molar-refractivity contribution in [1.29, 1.82) is 5.26 Å². The van der Waals surface area contributed by atoms with Crippen molar-refractivity contribution in [3.8, 4) is 6.26 Å². The first-order valence-electron chi connectivity index (χ1n) is 3.52. The quantitative estimate of drug-likeness (QED) is 0.605. The van der Waals surface area contributed by atoms with Crippen LogP contribution in [0.3, 0.4) is 0 Å². The number of hydrogen-bond acceptors (Lipinski definition) is 3. The predicted octanol–water partition coefficient (Wildman–Crippen LogP) is 1.19. The Morgan fingerprint density at radius 2 is 1.40 bits per heavy atom. The van der Waals surface area contributed by atoms with Gasteiger partial charge in [0.05, 0.1) is 0 Å². The summed E-state index contributed by atoms with van der Waals surface area (Å²) in [6, 6.07) is 0. The van der Waals surface area contributed by atoms with E-state index in [0.29, 0.717) is 0 Å². The van der Waals surface area contributed by atoms with E-state index < -0.39 is 0 Å². The van der Waals surface area contributed by atoms with E-state index in [1.807, 2.05) is 0 Å². The highest BCUT2D eigenvalue weighted by Crippen LogP contribution is 1.81. The van der Waals surface area contributed by atoms with Crippen LogP contribution in [0.4, 0.5) is 0 Å². The molecular weight excluding hydrogens is 128 g/mol. The Morgan fingerprint density at radius 1 is 1.20 bits per heavy atom. The second-order valence-corrected chi connectivity index (χ2v) is 1.72. The van der Waals surface area contributed by atoms with Crippen molar-refractivity contribution in [2.75, 3.05) is 19.6 Å². The monoisotopic (exact) mass is 144 g/mol. The molecule has 0 rings (SSSR count). The molecule has 0 saturated heterocycles. The second-order valence-electron chi connectivity index (χ2n) is 1.72. The zero-order chi connectivity index (χ0) is 8.41. The van der Waals surface area contributed by atoms with E-state index in [9.17, 15) is 0 Å². The summed E-state index contributed by atoms with van der Waals surface area (Å²) in [5, 5.41) is 13.8. The molecule has 0 aromatic carbocycles. The van der Waals surface area contributed by atoms with Crippen LogP contribution in [0.1, 0.15) is 20.8 Å². The third kappa shape index (κ3) is 10.3. The fourth-order valence-electron chi connectivity index (χ4n) is 0.671. The van der Waals surface area contributed by atoms with E-state index >= 15 is 0 Å². The molecule has 0 fully saturated rings. The van der Waals surface area contributed by atoms with Crippen molar-refractivity contribution < 1.29 is 5.11 Å². The molecule has 0 spiro atoms. The first-order chi connectivity index (χ1) is 4.76. The summed E-state index contributed by atoms with van der Waals surface area (Å²) in [4.78, 5) is 2.38. The molecule has 0 aliphatic heterocycles. The van der Waals surface area contributed by atoms with Crippen LogP contribution in [0.15, 0.2) is 0 Å². The van der Waals surface area contributed by atoms with Gasteiger partial charge in [-0.25, -0.2) is 0 Å². The molecule has 0 aromatic rings. The van der Waals surface area contributed by atoms with Crippen LogP contribution in [0.25, 0.3) is 0 Å². The lowest BCUT2D eigenvalue weighted by molar-refractivity contribution is 0.321. The number of hydrogen-bond donors (Lipinski definition) is 1. The van der Waals surface area contributed by atoms with Gasteiger partial charge in [-0.1, -0.05) is 20.8 Å². The number of aliphatic hydroxyl groups excluding tert-OH is 1. The van der Waals surface area contributed by atoms with Crippen molar-refractivity contribution in [1.82, 2.24) is 4.90 Å². The normalized spacial score (nSPS) is 7.90. The van der Waals surface area contributed by atoms with E-state index in [1.165, 1.54) is 19.6 Å². The Balaban J connectivity index is 0. The minimum Gasteiger partial charge on any atom is -0.443 e. The first kappa shape index (κ1) is 12.0. The van der Waals surface area contributed by atoms with E-state index in [-0.39, 0.29) is 0 Å². The van der Waals surface area contributed by atoms with Crippen molar-refractivity contribution in [3.05, 3.63) is 0 Å². The number of nitrogens with zero attached hydrogens (tertiary/aromatic N) is 2. The Morgan fingerprint density at radius 3 is 1.40 bits per heavy atom. The number of nitriles is 1. The third-order valence-corrected chi connectivity index (χ3v) is 1.34. The Hall–Kier alpha value is -0.750. The summed E-state index contributed by atoms with van der Waals surface area (Å²) in [5.41, 5.74) is 0. The number of rotatable bonds is 3. The van der Waals surface area contributed by atoms with Crippen molar-refractivity contribution >= 4 is 0 Å². The topological polar surface area (TPSA) is 47.3 Å². The minimum atomic E-state index is 0.750. The van der Waals surface area contributed by atoms with E-state index in [1.54, 1.807) is 0 Å². The van der Waals surface area contributed by atoms with Crippen LogP contribution in [-0.2, 0) is 0 Å². The van der Waals surface area contributed by atoms with Crippen LogP contribution in [0, 0.1) is 11.5 Å². The molecule has 3 nitrogen and oxygen atoms in total. The predicted molar refractivity (Wildman–Crippen MR) is 41.0 cm³/mol. The summed E-state index contributed by atoms with van der Waals surface area (Å²) in [7, 11) is 0. The van der Waals surface area contributed by atoms with E-state index in [4.69, 9.17) is 10.4 Å². The van der Waals surface area contributed by atoms with Gasteiger partial charge in [-0.05, 0) is 19.6 Å². The molecule has 0 aromatic heterocycles. The smallest absolute Gasteiger partial charge is 0.283 e. The van der Waals surface area contributed by atoms with Gasteiger partial charge in [0.25, 0.3) is 6.26 Å². The van der Waals surface area contributed by atoms with Crippen LogP contribution in [0.5, 0.6) is 0 Å². The zero-order valence-corrected chi connectivity index (χ0v) is 6.96. The molecule has 3 heteroatoms. The van der Waals surface area contributed by atoms with Gasteiger partial charge in [0, 0.05) is 0 Å². The summed E-state index contributed by atoms with van der Waals surface area (Å²) in [6.07, 6.45) is 0.750. The molecule has 0 bridgehead atoms. The van der Waals surface area contributed by atoms with Crippen LogP contribution >= 0.6 is 0 Å². The van der Waals surface area contributed by atoms with Gasteiger partial charge < -0.3 is 10.0 Å². The summed E-state index contributed by atoms with van der Waals surface area (Å²) < 4.78 is 0. The lowest BCUT2D eigenvalue weighted by Crippen LogP contribution is -2.21. The average Bonchev–Trinajstić information content (AvgIpc) is 1.93. The molecule has 0 atom stereocenters. The lowest BCUT2D eigenvalue weighted by Gasteiger charge is -2.13. The zero-order valence-electron chi connectivity index (χ0n) is 6.96. The highest BCUT2D eigenvalue weighted by Gasteiger charge is 1.89. The van der Waals surface area contributed by atoms with Crippen LogP contribution in [-0.4, -0.2) is 29.6 Å². The van der Waals surface area contributed by atoms with Gasteiger partial charge in [-0.3, -0.25) is 0 Å². The molecule has 0 radical (unpaired) electrons. The Kier molecular flexibility index (Phi) is 13.3. The van der Waals surface area contributed by atoms with Crippen molar-refractivity contribution in [3.63, 3.8) is 0 Å². The number of aliphatic hydroxyl groups is 1. The summed E-state index contributed by atoms with van der Waals surface area (Å²) >= 11 is 0. The maximum Gasteiger partial charge on any atom is 0.283 e. The maximum absolute atomic E-state index is 6.88. The van der Waals surface area contributed by atoms with Gasteiger partial charge in [0.2, 0.25) is 0 Å². The molecule has 0 saturated carbocycles. The van der Waals surface area contributed by atoms with Gasteiger partial charge >= 0.3 is 0 Å². The minimum absolute atomic E-state index is 0.750. The SMILES string of the molecule is CCN(CC)CC.N#CO. The van der Waals surface area contributed by atoms with Crippen LogP contribution in [0.2, 0.25) is 0 Å². The Labute approximate surface area is 62.9 Å². The molecule has 0 unspecified atom stereocenters. The Bertz CT molecular complexity index is 78.6. The summed E-state index contributed by atoms with van der Waals surface area (Å²) in [6.45, 7) is 10.1. The van der Waals surface area contributed by atoms with Gasteiger partial charge in [-0.15, -0.1) is 0 Å². The van der Waals surface area contributed by atoms with Gasteiger partial charge in [-0.2, -0.15) is 5.26 Å². The maximum atomic E-state index is 6.88. The first-order valence-corrected chi connectivity index (χ1v) is 3.52. The summed E-state index contributed by atoms with van der Waals surface area (Å²) in [5.74, 6) is 0. The van der Waals surface area contributed by atoms with Crippen molar-refractivity contribution in [2.24, 2.45) is 0 Å². The van der Waals surface area contributed by atoms with Crippen LogP contribution < -0.4 is 0 Å². The van der Waals surface area contributed by atoms with Gasteiger partial charge in [0.15, 0.2) is 0 Å². The largest absolute Gasteiger partial charge is 0.443 e. The standard InChI is InChI=1S/C6H15N.CHNO/c1-4-7(5-2)6-3;2-1-3/h4-6H2,1-3H3;3H. The molecule has 0 aliphatic rings. The van der Waals surface area contributed by atoms with Crippen molar-refractivity contribution in [2.45, 2.75) is 20.8 Å². The molecule has 0 amide bonds. The fourth-order valence-corrected chi connectivity index (χ4v) is 0.671. The van der Waals surface area contributed by atoms with E-state index in [2.05, 4.69) is 25.7 Å². The van der Waals surface area contributed by atoms with Gasteiger partial charge in [0.1, 0.15) is 0 Å². The molecule has 60 valence electrons. The lowest BCUT2D eigenvalue weighted by atomic mass is 10.5. The molecular formula is C7H16N2O. The molecule has 0 heterocycles. The molecule has 10 heavy (non-hydrogen) atoms. The highest BCUT2D eigenvalue weighted by atomic mass is 16.2. The second kappa shape index (κ2) is 11.1. The van der Waals surface area contributed by atoms with E-state index in [0.717, 1.165) is 6.26 Å². The fraction of sp³-hybridized carbons (Fsp3) is 0.857. The highest BCUT2D eigenvalue weighted by molar-refractivity contribution is 4.43.